The van der Waals surface area contributed by atoms with E-state index in [0.29, 0.717) is 17.1 Å². The summed E-state index contributed by atoms with van der Waals surface area (Å²) in [7, 11) is 0. The molecule has 14 heavy (non-hydrogen) atoms. The summed E-state index contributed by atoms with van der Waals surface area (Å²) < 4.78 is 0. The van der Waals surface area contributed by atoms with Gasteiger partial charge in [-0.25, -0.2) is 0 Å². The van der Waals surface area contributed by atoms with Gasteiger partial charge in [0.2, 0.25) is 0 Å². The minimum Gasteiger partial charge on any atom is -0.328 e. The Morgan fingerprint density at radius 1 is 1.43 bits per heavy atom. The number of ketones is 1. The van der Waals surface area contributed by atoms with Crippen LogP contribution >= 0.6 is 0 Å². The van der Waals surface area contributed by atoms with Crippen LogP contribution in [-0.4, -0.2) is 11.8 Å². The second-order valence-electron chi connectivity index (χ2n) is 5.58. The summed E-state index contributed by atoms with van der Waals surface area (Å²) in [4.78, 5) is 11.9. The van der Waals surface area contributed by atoms with Crippen LogP contribution in [0.4, 0.5) is 0 Å². The summed E-state index contributed by atoms with van der Waals surface area (Å²) in [6.45, 7) is 2.25. The van der Waals surface area contributed by atoms with Crippen molar-refractivity contribution in [3.05, 3.63) is 0 Å². The first-order valence-electron chi connectivity index (χ1n) is 5.87. The summed E-state index contributed by atoms with van der Waals surface area (Å²) in [5.74, 6) is 0.780. The zero-order chi connectivity index (χ0) is 10.2. The average molecular weight is 195 g/mol. The lowest BCUT2D eigenvalue weighted by molar-refractivity contribution is -0.126. The highest BCUT2D eigenvalue weighted by atomic mass is 16.1. The Balaban J connectivity index is 1.83. The van der Waals surface area contributed by atoms with E-state index in [-0.39, 0.29) is 6.04 Å². The van der Waals surface area contributed by atoms with Gasteiger partial charge in [-0.2, -0.15) is 0 Å². The first-order valence-corrected chi connectivity index (χ1v) is 5.87. The van der Waals surface area contributed by atoms with Crippen LogP contribution in [0.2, 0.25) is 0 Å². The molecule has 0 aliphatic heterocycles. The van der Waals surface area contributed by atoms with Gasteiger partial charge in [-0.3, -0.25) is 4.79 Å². The lowest BCUT2D eigenvalue weighted by Crippen LogP contribution is -2.31. The normalized spacial score (nSPS) is 35.3. The molecule has 0 radical (unpaired) electrons. The molecule has 2 aliphatic rings. The molecule has 0 heterocycles. The number of carbonyl (C=O) groups is 1. The molecule has 2 N–H and O–H groups in total. The molecule has 0 aromatic rings. The molecule has 2 fully saturated rings. The highest BCUT2D eigenvalue weighted by Gasteiger charge is 2.37. The summed E-state index contributed by atoms with van der Waals surface area (Å²) in [6, 6.07) is 0.290. The van der Waals surface area contributed by atoms with Gasteiger partial charge in [0.05, 0.1) is 0 Å². The van der Waals surface area contributed by atoms with Crippen LogP contribution in [0.1, 0.15) is 51.9 Å². The van der Waals surface area contributed by atoms with Gasteiger partial charge < -0.3 is 5.73 Å². The summed E-state index contributed by atoms with van der Waals surface area (Å²) in [5.41, 5.74) is 6.17. The number of carbonyl (C=O) groups excluding carboxylic acids is 1. The van der Waals surface area contributed by atoms with Crippen molar-refractivity contribution in [2.45, 2.75) is 57.9 Å². The van der Waals surface area contributed by atoms with E-state index in [0.717, 1.165) is 25.7 Å². The van der Waals surface area contributed by atoms with Crippen LogP contribution in [-0.2, 0) is 4.79 Å². The maximum atomic E-state index is 11.9. The fraction of sp³-hybridized carbons (Fsp3) is 0.917. The van der Waals surface area contributed by atoms with Crippen LogP contribution in [0, 0.1) is 11.3 Å². The Morgan fingerprint density at radius 3 is 2.57 bits per heavy atom. The molecule has 2 atom stereocenters. The molecule has 2 heteroatoms. The fourth-order valence-electron chi connectivity index (χ4n) is 2.83. The monoisotopic (exact) mass is 195 g/mol. The molecular formula is C12H21NO. The molecular weight excluding hydrogens is 174 g/mol. The molecule has 0 spiro atoms. The Morgan fingerprint density at radius 2 is 2.14 bits per heavy atom. The Kier molecular flexibility index (Phi) is 2.65. The van der Waals surface area contributed by atoms with Crippen LogP contribution in [0.15, 0.2) is 0 Å². The minimum absolute atomic E-state index is 0.290. The van der Waals surface area contributed by atoms with E-state index < -0.39 is 0 Å². The molecule has 80 valence electrons. The Hall–Kier alpha value is -0.370. The van der Waals surface area contributed by atoms with E-state index in [1.165, 1.54) is 19.3 Å². The van der Waals surface area contributed by atoms with Crippen molar-refractivity contribution in [3.8, 4) is 0 Å². The molecule has 0 aromatic carbocycles. The van der Waals surface area contributed by atoms with Crippen molar-refractivity contribution in [3.63, 3.8) is 0 Å². The number of nitrogens with two attached hydrogens (primary N) is 1. The van der Waals surface area contributed by atoms with Gasteiger partial charge in [-0.15, -0.1) is 0 Å². The maximum absolute atomic E-state index is 11.9. The summed E-state index contributed by atoms with van der Waals surface area (Å²) in [6.07, 6.45) is 7.64. The SMILES string of the molecule is CC1(CC(=O)C2CCC(N)C2)CCC1. The van der Waals surface area contributed by atoms with Crippen LogP contribution in [0.25, 0.3) is 0 Å². The lowest BCUT2D eigenvalue weighted by atomic mass is 9.66. The quantitative estimate of drug-likeness (QED) is 0.750. The minimum atomic E-state index is 0.290. The third-order valence-electron chi connectivity index (χ3n) is 4.09. The first kappa shape index (κ1) is 10.2. The van der Waals surface area contributed by atoms with Crippen molar-refractivity contribution in [2.24, 2.45) is 17.1 Å². The smallest absolute Gasteiger partial charge is 0.136 e. The molecule has 0 aromatic heterocycles. The Labute approximate surface area is 86.2 Å². The van der Waals surface area contributed by atoms with Crippen LogP contribution < -0.4 is 5.73 Å². The first-order chi connectivity index (χ1) is 6.59. The third kappa shape index (κ3) is 2.00. The van der Waals surface area contributed by atoms with Gasteiger partial charge in [-0.1, -0.05) is 13.3 Å². The van der Waals surface area contributed by atoms with Gasteiger partial charge in [0.15, 0.2) is 0 Å². The van der Waals surface area contributed by atoms with Gasteiger partial charge in [0.1, 0.15) is 5.78 Å². The summed E-state index contributed by atoms with van der Waals surface area (Å²) >= 11 is 0. The van der Waals surface area contributed by atoms with Crippen LogP contribution in [0.3, 0.4) is 0 Å². The van der Waals surface area contributed by atoms with Crippen LogP contribution in [0.5, 0.6) is 0 Å². The molecule has 2 rings (SSSR count). The van der Waals surface area contributed by atoms with Crippen molar-refractivity contribution >= 4 is 5.78 Å². The third-order valence-corrected chi connectivity index (χ3v) is 4.09. The van der Waals surface area contributed by atoms with Gasteiger partial charge in [-0.05, 0) is 37.5 Å². The Bertz CT molecular complexity index is 232. The average Bonchev–Trinajstić information content (AvgIpc) is 2.49. The fourth-order valence-corrected chi connectivity index (χ4v) is 2.83. The van der Waals surface area contributed by atoms with E-state index in [1.54, 1.807) is 0 Å². The predicted octanol–water partition coefficient (Wildman–Crippen LogP) is 2.26. The van der Waals surface area contributed by atoms with Gasteiger partial charge in [0.25, 0.3) is 0 Å². The van der Waals surface area contributed by atoms with E-state index >= 15 is 0 Å². The summed E-state index contributed by atoms with van der Waals surface area (Å²) in [5, 5.41) is 0. The molecule has 0 saturated heterocycles. The molecule has 0 amide bonds. The lowest BCUT2D eigenvalue weighted by Gasteiger charge is -2.38. The largest absolute Gasteiger partial charge is 0.328 e. The van der Waals surface area contributed by atoms with Gasteiger partial charge >= 0.3 is 0 Å². The highest BCUT2D eigenvalue weighted by molar-refractivity contribution is 5.82. The van der Waals surface area contributed by atoms with Crippen molar-refractivity contribution in [1.29, 1.82) is 0 Å². The van der Waals surface area contributed by atoms with Gasteiger partial charge in [0, 0.05) is 18.4 Å². The van der Waals surface area contributed by atoms with Crippen molar-refractivity contribution < 1.29 is 4.79 Å². The second-order valence-corrected chi connectivity index (χ2v) is 5.58. The van der Waals surface area contributed by atoms with Crippen molar-refractivity contribution in [1.82, 2.24) is 0 Å². The number of Topliss-reactive ketones (excluding diaryl/α,β-unsaturated/α-hetero) is 1. The second kappa shape index (κ2) is 3.65. The predicted molar refractivity (Wildman–Crippen MR) is 56.9 cm³/mol. The molecule has 2 aliphatic carbocycles. The zero-order valence-corrected chi connectivity index (χ0v) is 9.09. The number of hydrogen-bond donors (Lipinski definition) is 1. The van der Waals surface area contributed by atoms with E-state index in [4.69, 9.17) is 5.73 Å². The van der Waals surface area contributed by atoms with E-state index in [9.17, 15) is 4.79 Å². The molecule has 2 saturated carbocycles. The molecule has 2 nitrogen and oxygen atoms in total. The topological polar surface area (TPSA) is 43.1 Å². The number of rotatable bonds is 3. The van der Waals surface area contributed by atoms with E-state index in [2.05, 4.69) is 6.92 Å². The van der Waals surface area contributed by atoms with E-state index in [1.807, 2.05) is 0 Å². The molecule has 2 unspecified atom stereocenters. The maximum Gasteiger partial charge on any atom is 0.136 e. The zero-order valence-electron chi connectivity index (χ0n) is 9.09. The molecule has 0 bridgehead atoms. The number of hydrogen-bond acceptors (Lipinski definition) is 2. The highest BCUT2D eigenvalue weighted by Crippen LogP contribution is 2.44. The van der Waals surface area contributed by atoms with Crippen molar-refractivity contribution in [2.75, 3.05) is 0 Å². The standard InChI is InChI=1S/C12H21NO/c1-12(5-2-6-12)8-11(14)9-3-4-10(13)7-9/h9-10H,2-8,13H2,1H3.